The monoisotopic (exact) mass is 411 g/mol. The number of hydrogen-bond acceptors (Lipinski definition) is 7. The number of hydrogen-bond donors (Lipinski definition) is 2. The van der Waals surface area contributed by atoms with Crippen molar-refractivity contribution in [2.75, 3.05) is 31.4 Å². The van der Waals surface area contributed by atoms with Gasteiger partial charge in [-0.1, -0.05) is 12.1 Å². The number of methoxy groups -OCH3 is 1. The molecular formula is C22H29N5O3. The van der Waals surface area contributed by atoms with E-state index in [1.807, 2.05) is 32.1 Å². The standard InChI is InChI=1S/C22H29N5O3/c1-14-13-23-22(26-19(14)27(2)3)25-16-11-9-15(10-12-16)24-20(28)17-7-5-6-8-18(17)21(29)30-4/h5-8,13,15-16H,9-12H2,1-4H3,(H,24,28)(H,23,25,26). The number of esters is 1. The summed E-state index contributed by atoms with van der Waals surface area (Å²) in [6.45, 7) is 1.99. The van der Waals surface area contributed by atoms with Gasteiger partial charge < -0.3 is 20.3 Å². The maximum Gasteiger partial charge on any atom is 0.338 e. The predicted octanol–water partition coefficient (Wildman–Crippen LogP) is 2.79. The summed E-state index contributed by atoms with van der Waals surface area (Å²) in [6.07, 6.45) is 5.32. The van der Waals surface area contributed by atoms with Crippen molar-refractivity contribution in [1.82, 2.24) is 15.3 Å². The highest BCUT2D eigenvalue weighted by Gasteiger charge is 2.25. The summed E-state index contributed by atoms with van der Waals surface area (Å²) in [5.74, 6) is 0.773. The predicted molar refractivity (Wildman–Crippen MR) is 116 cm³/mol. The minimum absolute atomic E-state index is 0.0672. The molecule has 2 N–H and O–H groups in total. The molecule has 2 aromatic rings. The molecule has 8 heteroatoms. The van der Waals surface area contributed by atoms with Gasteiger partial charge in [0.15, 0.2) is 0 Å². The summed E-state index contributed by atoms with van der Waals surface area (Å²) in [6, 6.07) is 7.04. The van der Waals surface area contributed by atoms with E-state index in [1.54, 1.807) is 24.3 Å². The zero-order valence-corrected chi connectivity index (χ0v) is 17.9. The first-order valence-electron chi connectivity index (χ1n) is 10.1. The average Bonchev–Trinajstić information content (AvgIpc) is 2.75. The molecule has 1 aliphatic carbocycles. The van der Waals surface area contributed by atoms with Crippen LogP contribution < -0.4 is 15.5 Å². The lowest BCUT2D eigenvalue weighted by molar-refractivity contribution is 0.0596. The van der Waals surface area contributed by atoms with E-state index in [1.165, 1.54) is 7.11 Å². The van der Waals surface area contributed by atoms with E-state index in [4.69, 9.17) is 4.74 Å². The second-order valence-corrected chi connectivity index (χ2v) is 7.80. The highest BCUT2D eigenvalue weighted by atomic mass is 16.5. The molecule has 1 fully saturated rings. The van der Waals surface area contributed by atoms with Crippen molar-refractivity contribution >= 4 is 23.6 Å². The van der Waals surface area contributed by atoms with Gasteiger partial charge in [0.2, 0.25) is 5.95 Å². The molecular weight excluding hydrogens is 382 g/mol. The van der Waals surface area contributed by atoms with Gasteiger partial charge in [0.1, 0.15) is 5.82 Å². The fourth-order valence-electron chi connectivity index (χ4n) is 3.75. The fourth-order valence-corrected chi connectivity index (χ4v) is 3.75. The number of anilines is 2. The molecule has 0 aliphatic heterocycles. The van der Waals surface area contributed by atoms with Crippen molar-refractivity contribution in [3.63, 3.8) is 0 Å². The van der Waals surface area contributed by atoms with Gasteiger partial charge in [-0.25, -0.2) is 9.78 Å². The molecule has 1 aliphatic rings. The van der Waals surface area contributed by atoms with Gasteiger partial charge in [0.05, 0.1) is 18.2 Å². The molecule has 30 heavy (non-hydrogen) atoms. The second kappa shape index (κ2) is 9.56. The first-order valence-corrected chi connectivity index (χ1v) is 10.1. The van der Waals surface area contributed by atoms with E-state index in [0.717, 1.165) is 37.1 Å². The molecule has 1 saturated carbocycles. The van der Waals surface area contributed by atoms with Crippen molar-refractivity contribution in [3.8, 4) is 0 Å². The van der Waals surface area contributed by atoms with Crippen LogP contribution in [0.2, 0.25) is 0 Å². The van der Waals surface area contributed by atoms with E-state index < -0.39 is 5.97 Å². The lowest BCUT2D eigenvalue weighted by atomic mass is 9.91. The van der Waals surface area contributed by atoms with Crippen LogP contribution in [0, 0.1) is 6.92 Å². The Labute approximate surface area is 177 Å². The number of ether oxygens (including phenoxy) is 1. The van der Waals surface area contributed by atoms with E-state index in [2.05, 4.69) is 20.6 Å². The SMILES string of the molecule is COC(=O)c1ccccc1C(=O)NC1CCC(Nc2ncc(C)c(N(C)C)n2)CC1. The number of benzene rings is 1. The zero-order chi connectivity index (χ0) is 21.7. The number of carbonyl (C=O) groups is 2. The third-order valence-electron chi connectivity index (χ3n) is 5.34. The van der Waals surface area contributed by atoms with Crippen LogP contribution in [0.3, 0.4) is 0 Å². The topological polar surface area (TPSA) is 96.5 Å². The summed E-state index contributed by atoms with van der Waals surface area (Å²) >= 11 is 0. The Morgan fingerprint density at radius 1 is 1.07 bits per heavy atom. The Morgan fingerprint density at radius 2 is 1.70 bits per heavy atom. The number of carbonyl (C=O) groups excluding carboxylic acids is 2. The van der Waals surface area contributed by atoms with Crippen LogP contribution in [0.5, 0.6) is 0 Å². The molecule has 1 aromatic carbocycles. The second-order valence-electron chi connectivity index (χ2n) is 7.80. The number of rotatable bonds is 6. The van der Waals surface area contributed by atoms with Crippen LogP contribution in [0.15, 0.2) is 30.5 Å². The summed E-state index contributed by atoms with van der Waals surface area (Å²) in [5, 5.41) is 6.48. The fraction of sp³-hybridized carbons (Fsp3) is 0.455. The van der Waals surface area contributed by atoms with Crippen LogP contribution >= 0.6 is 0 Å². The molecule has 0 saturated heterocycles. The zero-order valence-electron chi connectivity index (χ0n) is 17.9. The van der Waals surface area contributed by atoms with Gasteiger partial charge in [-0.3, -0.25) is 4.79 Å². The van der Waals surface area contributed by atoms with Crippen molar-refractivity contribution in [3.05, 3.63) is 47.2 Å². The largest absolute Gasteiger partial charge is 0.465 e. The average molecular weight is 412 g/mol. The highest BCUT2D eigenvalue weighted by Crippen LogP contribution is 2.23. The number of aryl methyl sites for hydroxylation is 1. The maximum absolute atomic E-state index is 12.7. The normalized spacial score (nSPS) is 18.4. The molecule has 1 aromatic heterocycles. The van der Waals surface area contributed by atoms with Crippen LogP contribution in [-0.4, -0.2) is 55.1 Å². The highest BCUT2D eigenvalue weighted by molar-refractivity contribution is 6.05. The van der Waals surface area contributed by atoms with Gasteiger partial charge >= 0.3 is 5.97 Å². The van der Waals surface area contributed by atoms with E-state index >= 15 is 0 Å². The summed E-state index contributed by atoms with van der Waals surface area (Å²) < 4.78 is 4.78. The Morgan fingerprint density at radius 3 is 2.33 bits per heavy atom. The van der Waals surface area contributed by atoms with E-state index in [0.29, 0.717) is 11.5 Å². The lowest BCUT2D eigenvalue weighted by Crippen LogP contribution is -2.40. The van der Waals surface area contributed by atoms with Gasteiger partial charge in [-0.2, -0.15) is 4.98 Å². The molecule has 0 spiro atoms. The smallest absolute Gasteiger partial charge is 0.338 e. The molecule has 0 atom stereocenters. The van der Waals surface area contributed by atoms with Gasteiger partial charge in [-0.05, 0) is 44.7 Å². The van der Waals surface area contributed by atoms with Crippen molar-refractivity contribution < 1.29 is 14.3 Å². The van der Waals surface area contributed by atoms with Crippen LogP contribution in [0.25, 0.3) is 0 Å². The van der Waals surface area contributed by atoms with Gasteiger partial charge in [0, 0.05) is 37.9 Å². The summed E-state index contributed by atoms with van der Waals surface area (Å²) in [4.78, 5) is 35.6. The number of amides is 1. The first-order chi connectivity index (χ1) is 14.4. The summed E-state index contributed by atoms with van der Waals surface area (Å²) in [5.41, 5.74) is 1.65. The van der Waals surface area contributed by atoms with E-state index in [9.17, 15) is 9.59 Å². The molecule has 3 rings (SSSR count). The van der Waals surface area contributed by atoms with E-state index in [-0.39, 0.29) is 23.6 Å². The van der Waals surface area contributed by atoms with Crippen molar-refractivity contribution in [2.45, 2.75) is 44.7 Å². The Bertz CT molecular complexity index is 907. The van der Waals surface area contributed by atoms with Gasteiger partial charge in [-0.15, -0.1) is 0 Å². The first kappa shape index (κ1) is 21.5. The third kappa shape index (κ3) is 5.06. The molecule has 0 unspecified atom stereocenters. The summed E-state index contributed by atoms with van der Waals surface area (Å²) in [7, 11) is 5.24. The Balaban J connectivity index is 1.56. The Kier molecular flexibility index (Phi) is 6.87. The molecule has 0 radical (unpaired) electrons. The quantitative estimate of drug-likeness (QED) is 0.706. The maximum atomic E-state index is 12.7. The minimum atomic E-state index is -0.510. The van der Waals surface area contributed by atoms with Crippen molar-refractivity contribution in [1.29, 1.82) is 0 Å². The van der Waals surface area contributed by atoms with Gasteiger partial charge in [0.25, 0.3) is 5.91 Å². The third-order valence-corrected chi connectivity index (χ3v) is 5.34. The molecule has 1 amide bonds. The van der Waals surface area contributed by atoms with Crippen LogP contribution in [0.4, 0.5) is 11.8 Å². The Hall–Kier alpha value is -3.16. The molecule has 0 bridgehead atoms. The van der Waals surface area contributed by atoms with Crippen LogP contribution in [-0.2, 0) is 4.74 Å². The molecule has 160 valence electrons. The van der Waals surface area contributed by atoms with Crippen LogP contribution in [0.1, 0.15) is 52.0 Å². The van der Waals surface area contributed by atoms with Crippen molar-refractivity contribution in [2.24, 2.45) is 0 Å². The number of nitrogens with one attached hydrogen (secondary N) is 2. The number of nitrogens with zero attached hydrogens (tertiary/aromatic N) is 3. The minimum Gasteiger partial charge on any atom is -0.465 e. The molecule has 8 nitrogen and oxygen atoms in total. The lowest BCUT2D eigenvalue weighted by Gasteiger charge is -2.30. The molecule has 1 heterocycles. The number of aromatic nitrogens is 2.